The Morgan fingerprint density at radius 3 is 2.53 bits per heavy atom. The Balaban J connectivity index is 2.95. The maximum Gasteiger partial charge on any atom is 0.416 e. The van der Waals surface area contributed by atoms with Crippen LogP contribution in [0.2, 0.25) is 0 Å². The molecule has 0 heterocycles. The second-order valence-corrected chi connectivity index (χ2v) is 3.55. The lowest BCUT2D eigenvalue weighted by molar-refractivity contribution is -0.137. The van der Waals surface area contributed by atoms with E-state index >= 15 is 0 Å². The summed E-state index contributed by atoms with van der Waals surface area (Å²) in [5.74, 6) is 0.103. The highest BCUT2D eigenvalue weighted by molar-refractivity contribution is 9.10. The molecule has 0 aliphatic carbocycles. The molecule has 0 atom stereocenters. The molecule has 84 valence electrons. The summed E-state index contributed by atoms with van der Waals surface area (Å²) >= 11 is 3.08. The SMILES string of the molecule is COCOc1cc(C(F)(F)F)ccc1Br. The second kappa shape index (κ2) is 4.85. The van der Waals surface area contributed by atoms with E-state index in [9.17, 15) is 13.2 Å². The molecule has 0 saturated heterocycles. The van der Waals surface area contributed by atoms with E-state index in [1.165, 1.54) is 13.2 Å². The van der Waals surface area contributed by atoms with Crippen molar-refractivity contribution in [1.29, 1.82) is 0 Å². The van der Waals surface area contributed by atoms with Gasteiger partial charge in [0.15, 0.2) is 6.79 Å². The Bertz CT molecular complexity index is 339. The molecule has 6 heteroatoms. The summed E-state index contributed by atoms with van der Waals surface area (Å²) in [4.78, 5) is 0. The van der Waals surface area contributed by atoms with E-state index in [0.29, 0.717) is 4.47 Å². The van der Waals surface area contributed by atoms with Crippen molar-refractivity contribution < 1.29 is 22.6 Å². The van der Waals surface area contributed by atoms with Crippen molar-refractivity contribution in [3.63, 3.8) is 0 Å². The first-order valence-electron chi connectivity index (χ1n) is 3.93. The van der Waals surface area contributed by atoms with Gasteiger partial charge in [-0.25, -0.2) is 0 Å². The molecular formula is C9H8BrF3O2. The number of benzene rings is 1. The van der Waals surface area contributed by atoms with Gasteiger partial charge in [-0.05, 0) is 34.1 Å². The van der Waals surface area contributed by atoms with Crippen LogP contribution >= 0.6 is 15.9 Å². The molecule has 15 heavy (non-hydrogen) atoms. The fraction of sp³-hybridized carbons (Fsp3) is 0.333. The van der Waals surface area contributed by atoms with Gasteiger partial charge in [0.2, 0.25) is 0 Å². The molecule has 2 nitrogen and oxygen atoms in total. The monoisotopic (exact) mass is 284 g/mol. The van der Waals surface area contributed by atoms with Crippen LogP contribution < -0.4 is 4.74 Å². The zero-order chi connectivity index (χ0) is 11.5. The molecule has 0 amide bonds. The van der Waals surface area contributed by atoms with Crippen molar-refractivity contribution in [2.75, 3.05) is 13.9 Å². The highest BCUT2D eigenvalue weighted by Crippen LogP contribution is 2.34. The molecule has 0 fully saturated rings. The number of hydrogen-bond donors (Lipinski definition) is 0. The van der Waals surface area contributed by atoms with E-state index in [2.05, 4.69) is 20.7 Å². The van der Waals surface area contributed by atoms with Gasteiger partial charge in [-0.2, -0.15) is 13.2 Å². The van der Waals surface area contributed by atoms with Crippen LogP contribution in [0.5, 0.6) is 5.75 Å². The minimum atomic E-state index is -4.37. The molecule has 1 rings (SSSR count). The van der Waals surface area contributed by atoms with Gasteiger partial charge in [0.05, 0.1) is 10.0 Å². The third-order valence-corrected chi connectivity index (χ3v) is 2.25. The van der Waals surface area contributed by atoms with Crippen LogP contribution in [0, 0.1) is 0 Å². The van der Waals surface area contributed by atoms with Crippen LogP contribution in [0.25, 0.3) is 0 Å². The molecule has 1 aromatic rings. The van der Waals surface area contributed by atoms with Crippen LogP contribution in [-0.4, -0.2) is 13.9 Å². The fourth-order valence-electron chi connectivity index (χ4n) is 0.913. The molecule has 0 radical (unpaired) electrons. The summed E-state index contributed by atoms with van der Waals surface area (Å²) in [5, 5.41) is 0. The Morgan fingerprint density at radius 1 is 1.33 bits per heavy atom. The van der Waals surface area contributed by atoms with Crippen molar-refractivity contribution in [1.82, 2.24) is 0 Å². The summed E-state index contributed by atoms with van der Waals surface area (Å²) in [6, 6.07) is 3.18. The number of ether oxygens (including phenoxy) is 2. The molecule has 0 aromatic heterocycles. The van der Waals surface area contributed by atoms with Gasteiger partial charge < -0.3 is 9.47 Å². The molecule has 0 unspecified atom stereocenters. The topological polar surface area (TPSA) is 18.5 Å². The fourth-order valence-corrected chi connectivity index (χ4v) is 1.27. The van der Waals surface area contributed by atoms with Gasteiger partial charge in [0.1, 0.15) is 5.75 Å². The lowest BCUT2D eigenvalue weighted by Gasteiger charge is -2.11. The van der Waals surface area contributed by atoms with E-state index in [1.54, 1.807) is 0 Å². The molecule has 0 saturated carbocycles. The molecule has 0 bridgehead atoms. The Morgan fingerprint density at radius 2 is 2.00 bits per heavy atom. The van der Waals surface area contributed by atoms with Crippen LogP contribution in [0.4, 0.5) is 13.2 Å². The maximum atomic E-state index is 12.3. The zero-order valence-electron chi connectivity index (χ0n) is 7.77. The second-order valence-electron chi connectivity index (χ2n) is 2.69. The van der Waals surface area contributed by atoms with Gasteiger partial charge >= 0.3 is 6.18 Å². The first kappa shape index (κ1) is 12.3. The Hall–Kier alpha value is -0.750. The van der Waals surface area contributed by atoms with Crippen LogP contribution in [0.15, 0.2) is 22.7 Å². The minimum Gasteiger partial charge on any atom is -0.466 e. The molecule has 0 N–H and O–H groups in total. The van der Waals surface area contributed by atoms with E-state index in [4.69, 9.17) is 4.74 Å². The van der Waals surface area contributed by atoms with Gasteiger partial charge in [0.25, 0.3) is 0 Å². The minimum absolute atomic E-state index is 0.0973. The lowest BCUT2D eigenvalue weighted by atomic mass is 10.2. The molecule has 0 aliphatic rings. The summed E-state index contributed by atoms with van der Waals surface area (Å²) in [7, 11) is 1.39. The van der Waals surface area contributed by atoms with E-state index in [1.807, 2.05) is 0 Å². The highest BCUT2D eigenvalue weighted by Gasteiger charge is 2.31. The number of hydrogen-bond acceptors (Lipinski definition) is 2. The number of rotatable bonds is 3. The summed E-state index contributed by atoms with van der Waals surface area (Å²) in [5.41, 5.74) is -0.753. The smallest absolute Gasteiger partial charge is 0.416 e. The summed E-state index contributed by atoms with van der Waals surface area (Å²) < 4.78 is 47.0. The van der Waals surface area contributed by atoms with Gasteiger partial charge in [-0.15, -0.1) is 0 Å². The first-order valence-corrected chi connectivity index (χ1v) is 4.73. The lowest BCUT2D eigenvalue weighted by Crippen LogP contribution is -2.06. The number of alkyl halides is 3. The standard InChI is InChI=1S/C9H8BrF3O2/c1-14-5-15-8-4-6(9(11,12)13)2-3-7(8)10/h2-4H,5H2,1H3. The van der Waals surface area contributed by atoms with Crippen molar-refractivity contribution >= 4 is 15.9 Å². The Kier molecular flexibility index (Phi) is 3.98. The van der Waals surface area contributed by atoms with E-state index < -0.39 is 11.7 Å². The third kappa shape index (κ3) is 3.39. The zero-order valence-corrected chi connectivity index (χ0v) is 9.35. The molecule has 0 aliphatic heterocycles. The normalized spacial score (nSPS) is 11.5. The van der Waals surface area contributed by atoms with Crippen LogP contribution in [-0.2, 0) is 10.9 Å². The molecule has 1 aromatic carbocycles. The number of halogens is 4. The predicted octanol–water partition coefficient (Wildman–Crippen LogP) is 3.45. The van der Waals surface area contributed by atoms with Crippen molar-refractivity contribution in [2.45, 2.75) is 6.18 Å². The van der Waals surface area contributed by atoms with Gasteiger partial charge in [-0.3, -0.25) is 0 Å². The van der Waals surface area contributed by atoms with Crippen molar-refractivity contribution in [3.8, 4) is 5.75 Å². The molecule has 0 spiro atoms. The largest absolute Gasteiger partial charge is 0.466 e. The van der Waals surface area contributed by atoms with Crippen molar-refractivity contribution in [3.05, 3.63) is 28.2 Å². The van der Waals surface area contributed by atoms with Crippen molar-refractivity contribution in [2.24, 2.45) is 0 Å². The first-order chi connectivity index (χ1) is 6.95. The predicted molar refractivity (Wildman–Crippen MR) is 51.6 cm³/mol. The summed E-state index contributed by atoms with van der Waals surface area (Å²) in [6.45, 7) is -0.0973. The highest BCUT2D eigenvalue weighted by atomic mass is 79.9. The average Bonchev–Trinajstić information content (AvgIpc) is 2.15. The maximum absolute atomic E-state index is 12.3. The van der Waals surface area contributed by atoms with E-state index in [-0.39, 0.29) is 12.5 Å². The average molecular weight is 285 g/mol. The van der Waals surface area contributed by atoms with Crippen LogP contribution in [0.3, 0.4) is 0 Å². The Labute approximate surface area is 93.1 Å². The number of methoxy groups -OCH3 is 1. The van der Waals surface area contributed by atoms with Crippen LogP contribution in [0.1, 0.15) is 5.56 Å². The van der Waals surface area contributed by atoms with Gasteiger partial charge in [0, 0.05) is 7.11 Å². The summed E-state index contributed by atoms with van der Waals surface area (Å²) in [6.07, 6.45) is -4.37. The van der Waals surface area contributed by atoms with E-state index in [0.717, 1.165) is 12.1 Å². The van der Waals surface area contributed by atoms with Gasteiger partial charge in [-0.1, -0.05) is 0 Å². The quantitative estimate of drug-likeness (QED) is 0.792. The molecular weight excluding hydrogens is 277 g/mol. The third-order valence-electron chi connectivity index (χ3n) is 1.59.